The van der Waals surface area contributed by atoms with E-state index in [1.165, 1.54) is 0 Å². The van der Waals surface area contributed by atoms with E-state index in [1.807, 2.05) is 0 Å². The van der Waals surface area contributed by atoms with Gasteiger partial charge in [0.1, 0.15) is 5.82 Å². The van der Waals surface area contributed by atoms with Gasteiger partial charge >= 0.3 is 0 Å². The van der Waals surface area contributed by atoms with Crippen LogP contribution in [0, 0.1) is 0 Å². The SMILES string of the molecule is C[Si](C)(C)Cc1cnc(N)nc1N. The Morgan fingerprint density at radius 2 is 1.92 bits per heavy atom. The highest BCUT2D eigenvalue weighted by atomic mass is 28.3. The van der Waals surface area contributed by atoms with Crippen LogP contribution in [0.15, 0.2) is 6.20 Å². The summed E-state index contributed by atoms with van der Waals surface area (Å²) in [6.45, 7) is 6.84. The largest absolute Gasteiger partial charge is 0.383 e. The number of hydrogen-bond acceptors (Lipinski definition) is 4. The van der Waals surface area contributed by atoms with E-state index in [0.717, 1.165) is 11.6 Å². The lowest BCUT2D eigenvalue weighted by atomic mass is 10.3. The first-order valence-electron chi connectivity index (χ1n) is 4.25. The summed E-state index contributed by atoms with van der Waals surface area (Å²) in [4.78, 5) is 7.86. The van der Waals surface area contributed by atoms with Gasteiger partial charge in [-0.1, -0.05) is 19.6 Å². The van der Waals surface area contributed by atoms with E-state index >= 15 is 0 Å². The van der Waals surface area contributed by atoms with Crippen LogP contribution in [0.5, 0.6) is 0 Å². The number of hydrogen-bond donors (Lipinski definition) is 2. The molecule has 13 heavy (non-hydrogen) atoms. The predicted molar refractivity (Wildman–Crippen MR) is 57.9 cm³/mol. The average molecular weight is 196 g/mol. The van der Waals surface area contributed by atoms with Crippen molar-refractivity contribution in [2.24, 2.45) is 0 Å². The van der Waals surface area contributed by atoms with Crippen LogP contribution in [-0.2, 0) is 6.04 Å². The van der Waals surface area contributed by atoms with E-state index in [9.17, 15) is 0 Å². The van der Waals surface area contributed by atoms with Crippen molar-refractivity contribution in [3.63, 3.8) is 0 Å². The zero-order valence-corrected chi connectivity index (χ0v) is 9.33. The molecule has 0 unspecified atom stereocenters. The van der Waals surface area contributed by atoms with Crippen LogP contribution in [0.2, 0.25) is 19.6 Å². The van der Waals surface area contributed by atoms with Crippen LogP contribution in [-0.4, -0.2) is 18.0 Å². The molecule has 0 spiro atoms. The van der Waals surface area contributed by atoms with Crippen molar-refractivity contribution < 1.29 is 0 Å². The molecule has 0 bridgehead atoms. The van der Waals surface area contributed by atoms with Gasteiger partial charge in [-0.05, 0) is 6.04 Å². The average Bonchev–Trinajstić information content (AvgIpc) is 1.93. The molecule has 4 N–H and O–H groups in total. The van der Waals surface area contributed by atoms with Gasteiger partial charge in [0, 0.05) is 19.8 Å². The predicted octanol–water partition coefficient (Wildman–Crippen LogP) is 1.06. The van der Waals surface area contributed by atoms with Gasteiger partial charge in [-0.2, -0.15) is 4.98 Å². The number of rotatable bonds is 2. The Morgan fingerprint density at radius 1 is 1.31 bits per heavy atom. The standard InChI is InChI=1S/C8H16N4Si/c1-13(2,3)5-6-4-11-8(10)12-7(6)9/h4H,5H2,1-3H3,(H4,9,10,11,12). The summed E-state index contributed by atoms with van der Waals surface area (Å²) >= 11 is 0. The van der Waals surface area contributed by atoms with Gasteiger partial charge in [0.25, 0.3) is 0 Å². The van der Waals surface area contributed by atoms with Crippen LogP contribution < -0.4 is 11.5 Å². The molecule has 72 valence electrons. The van der Waals surface area contributed by atoms with Crippen molar-refractivity contribution in [1.29, 1.82) is 0 Å². The van der Waals surface area contributed by atoms with Crippen LogP contribution in [0.1, 0.15) is 5.56 Å². The fraction of sp³-hybridized carbons (Fsp3) is 0.500. The fourth-order valence-corrected chi connectivity index (χ4v) is 2.56. The zero-order chi connectivity index (χ0) is 10.1. The highest BCUT2D eigenvalue weighted by Gasteiger charge is 2.16. The van der Waals surface area contributed by atoms with Gasteiger partial charge in [-0.3, -0.25) is 0 Å². The van der Waals surface area contributed by atoms with Crippen molar-refractivity contribution in [2.45, 2.75) is 25.7 Å². The van der Waals surface area contributed by atoms with E-state index in [4.69, 9.17) is 11.5 Å². The maximum Gasteiger partial charge on any atom is 0.221 e. The first kappa shape index (κ1) is 9.98. The van der Waals surface area contributed by atoms with Crippen molar-refractivity contribution >= 4 is 19.8 Å². The van der Waals surface area contributed by atoms with E-state index in [1.54, 1.807) is 6.20 Å². The lowest BCUT2D eigenvalue weighted by molar-refractivity contribution is 1.13. The van der Waals surface area contributed by atoms with Crippen molar-refractivity contribution in [3.05, 3.63) is 11.8 Å². The Kier molecular flexibility index (Phi) is 2.56. The normalized spacial score (nSPS) is 11.6. The van der Waals surface area contributed by atoms with Crippen molar-refractivity contribution in [2.75, 3.05) is 11.5 Å². The third-order valence-electron chi connectivity index (χ3n) is 1.64. The monoisotopic (exact) mass is 196 g/mol. The molecule has 1 rings (SSSR count). The Morgan fingerprint density at radius 3 is 2.38 bits per heavy atom. The molecule has 5 heteroatoms. The minimum atomic E-state index is -1.15. The lowest BCUT2D eigenvalue weighted by Crippen LogP contribution is -2.25. The summed E-state index contributed by atoms with van der Waals surface area (Å²) in [7, 11) is -1.15. The zero-order valence-electron chi connectivity index (χ0n) is 8.33. The summed E-state index contributed by atoms with van der Waals surface area (Å²) in [6, 6.07) is 0.999. The fourth-order valence-electron chi connectivity index (χ4n) is 1.14. The Hall–Kier alpha value is -1.10. The van der Waals surface area contributed by atoms with Crippen LogP contribution in [0.25, 0.3) is 0 Å². The molecule has 0 radical (unpaired) electrons. The molecular weight excluding hydrogens is 180 g/mol. The number of anilines is 2. The topological polar surface area (TPSA) is 77.8 Å². The molecule has 1 heterocycles. The van der Waals surface area contributed by atoms with Crippen LogP contribution in [0.3, 0.4) is 0 Å². The summed E-state index contributed by atoms with van der Waals surface area (Å²) in [5, 5.41) is 0. The molecular formula is C8H16N4Si. The number of nitrogens with zero attached hydrogens (tertiary/aromatic N) is 2. The third kappa shape index (κ3) is 3.02. The summed E-state index contributed by atoms with van der Waals surface area (Å²) in [6.07, 6.45) is 1.73. The summed E-state index contributed by atoms with van der Waals surface area (Å²) in [5.74, 6) is 0.770. The van der Waals surface area contributed by atoms with Crippen LogP contribution >= 0.6 is 0 Å². The summed E-state index contributed by atoms with van der Waals surface area (Å²) in [5.41, 5.74) is 12.1. The highest BCUT2D eigenvalue weighted by molar-refractivity contribution is 6.75. The minimum absolute atomic E-state index is 0.247. The van der Waals surface area contributed by atoms with E-state index in [-0.39, 0.29) is 5.95 Å². The second-order valence-corrected chi connectivity index (χ2v) is 9.85. The lowest BCUT2D eigenvalue weighted by Gasteiger charge is -2.16. The maximum absolute atomic E-state index is 5.72. The molecule has 0 aliphatic carbocycles. The number of nitrogens with two attached hydrogens (primary N) is 2. The van der Waals surface area contributed by atoms with Gasteiger partial charge < -0.3 is 11.5 Å². The highest BCUT2D eigenvalue weighted by Crippen LogP contribution is 2.15. The van der Waals surface area contributed by atoms with Crippen LogP contribution in [0.4, 0.5) is 11.8 Å². The molecule has 4 nitrogen and oxygen atoms in total. The molecule has 0 saturated heterocycles. The van der Waals surface area contributed by atoms with Gasteiger partial charge in [-0.25, -0.2) is 4.98 Å². The molecule has 0 aliphatic rings. The third-order valence-corrected chi connectivity index (χ3v) is 3.08. The van der Waals surface area contributed by atoms with E-state index < -0.39 is 8.07 Å². The Labute approximate surface area is 79.4 Å². The van der Waals surface area contributed by atoms with Crippen molar-refractivity contribution in [3.8, 4) is 0 Å². The summed E-state index contributed by atoms with van der Waals surface area (Å²) < 4.78 is 0. The molecule has 0 atom stereocenters. The van der Waals surface area contributed by atoms with E-state index in [0.29, 0.717) is 5.82 Å². The second kappa shape index (κ2) is 3.33. The first-order chi connectivity index (χ1) is 5.88. The number of nitrogen functional groups attached to an aromatic ring is 2. The maximum atomic E-state index is 5.72. The van der Waals surface area contributed by atoms with Gasteiger partial charge in [-0.15, -0.1) is 0 Å². The van der Waals surface area contributed by atoms with Gasteiger partial charge in [0.2, 0.25) is 5.95 Å². The second-order valence-electron chi connectivity index (χ2n) is 4.38. The van der Waals surface area contributed by atoms with Crippen molar-refractivity contribution in [1.82, 2.24) is 9.97 Å². The molecule has 1 aromatic heterocycles. The van der Waals surface area contributed by atoms with Gasteiger partial charge in [0.15, 0.2) is 0 Å². The first-order valence-corrected chi connectivity index (χ1v) is 7.96. The molecule has 1 aromatic rings. The molecule has 0 aromatic carbocycles. The molecule has 0 amide bonds. The van der Waals surface area contributed by atoms with E-state index in [2.05, 4.69) is 29.6 Å². The Bertz CT molecular complexity index is 306. The molecule has 0 aliphatic heterocycles. The smallest absolute Gasteiger partial charge is 0.221 e. The van der Waals surface area contributed by atoms with Gasteiger partial charge in [0.05, 0.1) is 0 Å². The Balaban J connectivity index is 2.90. The molecule has 0 fully saturated rings. The minimum Gasteiger partial charge on any atom is -0.383 e. The quantitative estimate of drug-likeness (QED) is 0.693. The number of aromatic nitrogens is 2. The molecule has 0 saturated carbocycles.